The van der Waals surface area contributed by atoms with E-state index in [2.05, 4.69) is 10.4 Å². The molecule has 0 spiro atoms. The van der Waals surface area contributed by atoms with Crippen LogP contribution in [0.1, 0.15) is 10.4 Å². The predicted molar refractivity (Wildman–Crippen MR) is 111 cm³/mol. The van der Waals surface area contributed by atoms with Gasteiger partial charge in [-0.1, -0.05) is 60.3 Å². The Labute approximate surface area is 171 Å². The molecule has 3 amide bonds. The average molecular weight is 406 g/mol. The van der Waals surface area contributed by atoms with Gasteiger partial charge in [-0.15, -0.1) is 0 Å². The largest absolute Gasteiger partial charge is 0.350 e. The zero-order valence-electron chi connectivity index (χ0n) is 15.4. The van der Waals surface area contributed by atoms with Crippen LogP contribution < -0.4 is 5.32 Å². The summed E-state index contributed by atoms with van der Waals surface area (Å²) in [6.07, 6.45) is 1.69. The van der Waals surface area contributed by atoms with Crippen molar-refractivity contribution in [3.05, 3.63) is 72.4 Å². The topological polar surface area (TPSA) is 84.3 Å². The zero-order valence-corrected chi connectivity index (χ0v) is 16.3. The number of hydrogen-bond donors (Lipinski definition) is 1. The van der Waals surface area contributed by atoms with E-state index in [1.807, 2.05) is 60.7 Å². The van der Waals surface area contributed by atoms with Crippen molar-refractivity contribution in [3.8, 4) is 16.9 Å². The van der Waals surface area contributed by atoms with Crippen LogP contribution in [0, 0.1) is 0 Å². The zero-order chi connectivity index (χ0) is 20.2. The van der Waals surface area contributed by atoms with Gasteiger partial charge in [0.1, 0.15) is 5.69 Å². The molecule has 1 saturated heterocycles. The number of imide groups is 1. The number of hydrogen-bond acceptors (Lipinski definition) is 5. The van der Waals surface area contributed by atoms with E-state index in [-0.39, 0.29) is 35.9 Å². The van der Waals surface area contributed by atoms with Crippen LogP contribution in [0.5, 0.6) is 0 Å². The van der Waals surface area contributed by atoms with Crippen molar-refractivity contribution in [2.24, 2.45) is 0 Å². The standard InChI is InChI=1S/C21H18N4O3S/c26-18-14-29-21(28)24(18)12-11-22-20(27)17-13-25(16-9-5-2-6-10-16)23-19(17)15-7-3-1-4-8-15/h1-10,13H,11-12,14H2,(H,22,27). The second-order valence-corrected chi connectivity index (χ2v) is 7.32. The van der Waals surface area contributed by atoms with Crippen LogP contribution in [-0.2, 0) is 4.79 Å². The number of thioether (sulfide) groups is 1. The lowest BCUT2D eigenvalue weighted by Gasteiger charge is -2.13. The molecule has 2 heterocycles. The summed E-state index contributed by atoms with van der Waals surface area (Å²) in [5.74, 6) is -0.372. The molecule has 0 bridgehead atoms. The molecule has 1 fully saturated rings. The van der Waals surface area contributed by atoms with E-state index in [1.54, 1.807) is 10.9 Å². The molecule has 0 saturated carbocycles. The first-order valence-corrected chi connectivity index (χ1v) is 10.1. The maximum atomic E-state index is 12.9. The molecule has 29 heavy (non-hydrogen) atoms. The number of nitrogens with one attached hydrogen (secondary N) is 1. The summed E-state index contributed by atoms with van der Waals surface area (Å²) in [6.45, 7) is 0.339. The maximum absolute atomic E-state index is 12.9. The van der Waals surface area contributed by atoms with Crippen molar-refractivity contribution in [1.29, 1.82) is 0 Å². The summed E-state index contributed by atoms with van der Waals surface area (Å²) in [5, 5.41) is 7.14. The lowest BCUT2D eigenvalue weighted by molar-refractivity contribution is -0.124. The molecule has 0 radical (unpaired) electrons. The van der Waals surface area contributed by atoms with Crippen LogP contribution in [0.4, 0.5) is 4.79 Å². The molecule has 4 rings (SSSR count). The van der Waals surface area contributed by atoms with Crippen LogP contribution in [-0.4, -0.2) is 50.6 Å². The molecular weight excluding hydrogens is 388 g/mol. The van der Waals surface area contributed by atoms with Crippen molar-refractivity contribution in [2.75, 3.05) is 18.8 Å². The third kappa shape index (κ3) is 4.07. The highest BCUT2D eigenvalue weighted by Crippen LogP contribution is 2.24. The quantitative estimate of drug-likeness (QED) is 0.680. The van der Waals surface area contributed by atoms with Crippen molar-refractivity contribution in [2.45, 2.75) is 0 Å². The van der Waals surface area contributed by atoms with Crippen LogP contribution in [0.25, 0.3) is 16.9 Å². The molecule has 2 aromatic carbocycles. The summed E-state index contributed by atoms with van der Waals surface area (Å²) in [4.78, 5) is 37.4. The van der Waals surface area contributed by atoms with Gasteiger partial charge in [0, 0.05) is 24.8 Å². The Morgan fingerprint density at radius 1 is 1.03 bits per heavy atom. The summed E-state index contributed by atoms with van der Waals surface area (Å²) >= 11 is 0.981. The minimum Gasteiger partial charge on any atom is -0.350 e. The number of nitrogens with zero attached hydrogens (tertiary/aromatic N) is 3. The Balaban J connectivity index is 1.56. The molecule has 0 aliphatic carbocycles. The molecule has 0 atom stereocenters. The molecule has 1 aliphatic heterocycles. The summed E-state index contributed by atoms with van der Waals surface area (Å²) in [6, 6.07) is 19.0. The van der Waals surface area contributed by atoms with E-state index >= 15 is 0 Å². The molecular formula is C21H18N4O3S. The number of amides is 3. The van der Waals surface area contributed by atoms with Gasteiger partial charge in [0.25, 0.3) is 11.1 Å². The first-order chi connectivity index (χ1) is 14.1. The van der Waals surface area contributed by atoms with Crippen LogP contribution in [0.15, 0.2) is 66.9 Å². The third-order valence-electron chi connectivity index (χ3n) is 4.49. The molecule has 0 unspecified atom stereocenters. The molecule has 1 aromatic heterocycles. The maximum Gasteiger partial charge on any atom is 0.288 e. The average Bonchev–Trinajstić information content (AvgIpc) is 3.34. The summed E-state index contributed by atoms with van der Waals surface area (Å²) in [7, 11) is 0. The lowest BCUT2D eigenvalue weighted by Crippen LogP contribution is -2.37. The van der Waals surface area contributed by atoms with Crippen molar-refractivity contribution in [1.82, 2.24) is 20.0 Å². The molecule has 146 valence electrons. The van der Waals surface area contributed by atoms with E-state index in [4.69, 9.17) is 0 Å². The van der Waals surface area contributed by atoms with E-state index in [0.29, 0.717) is 11.3 Å². The summed E-state index contributed by atoms with van der Waals surface area (Å²) < 4.78 is 1.67. The smallest absolute Gasteiger partial charge is 0.288 e. The fraction of sp³-hybridized carbons (Fsp3) is 0.143. The van der Waals surface area contributed by atoms with Gasteiger partial charge in [0.2, 0.25) is 5.91 Å². The van der Waals surface area contributed by atoms with Gasteiger partial charge >= 0.3 is 0 Å². The number of aromatic nitrogens is 2. The predicted octanol–water partition coefficient (Wildman–Crippen LogP) is 2.96. The highest BCUT2D eigenvalue weighted by Gasteiger charge is 2.29. The van der Waals surface area contributed by atoms with Gasteiger partial charge in [-0.25, -0.2) is 4.68 Å². The molecule has 1 aliphatic rings. The van der Waals surface area contributed by atoms with E-state index in [0.717, 1.165) is 27.9 Å². The molecule has 7 nitrogen and oxygen atoms in total. The monoisotopic (exact) mass is 406 g/mol. The van der Waals surface area contributed by atoms with Crippen molar-refractivity contribution >= 4 is 28.8 Å². The fourth-order valence-corrected chi connectivity index (χ4v) is 3.79. The number of para-hydroxylation sites is 1. The van der Waals surface area contributed by atoms with Gasteiger partial charge < -0.3 is 5.32 Å². The fourth-order valence-electron chi connectivity index (χ4n) is 3.04. The third-order valence-corrected chi connectivity index (χ3v) is 5.35. The Kier molecular flexibility index (Phi) is 5.44. The second kappa shape index (κ2) is 8.32. The Morgan fingerprint density at radius 2 is 1.72 bits per heavy atom. The summed E-state index contributed by atoms with van der Waals surface area (Å²) in [5.41, 5.74) is 2.66. The van der Waals surface area contributed by atoms with Gasteiger partial charge in [0.15, 0.2) is 0 Å². The number of carbonyl (C=O) groups is 3. The van der Waals surface area contributed by atoms with Gasteiger partial charge in [-0.05, 0) is 12.1 Å². The molecule has 8 heteroatoms. The van der Waals surface area contributed by atoms with E-state index in [9.17, 15) is 14.4 Å². The normalized spacial score (nSPS) is 13.7. The number of benzene rings is 2. The van der Waals surface area contributed by atoms with Crippen LogP contribution in [0.2, 0.25) is 0 Å². The number of carbonyl (C=O) groups excluding carboxylic acids is 3. The lowest BCUT2D eigenvalue weighted by atomic mass is 10.1. The van der Waals surface area contributed by atoms with Crippen LogP contribution >= 0.6 is 11.8 Å². The highest BCUT2D eigenvalue weighted by molar-refractivity contribution is 8.14. The van der Waals surface area contributed by atoms with Crippen LogP contribution in [0.3, 0.4) is 0 Å². The van der Waals surface area contributed by atoms with Crippen molar-refractivity contribution < 1.29 is 14.4 Å². The Bertz CT molecular complexity index is 1030. The molecule has 3 aromatic rings. The SMILES string of the molecule is O=C(NCCN1C(=O)CSC1=O)c1cn(-c2ccccc2)nc1-c1ccccc1. The Morgan fingerprint density at radius 3 is 2.38 bits per heavy atom. The van der Waals surface area contributed by atoms with Crippen molar-refractivity contribution in [3.63, 3.8) is 0 Å². The van der Waals surface area contributed by atoms with Gasteiger partial charge in [-0.2, -0.15) is 5.10 Å². The first kappa shape index (κ1) is 18.9. The van der Waals surface area contributed by atoms with E-state index < -0.39 is 0 Å². The minimum absolute atomic E-state index is 0.157. The first-order valence-electron chi connectivity index (χ1n) is 9.09. The van der Waals surface area contributed by atoms with Gasteiger partial charge in [0.05, 0.1) is 17.0 Å². The van der Waals surface area contributed by atoms with Gasteiger partial charge in [-0.3, -0.25) is 19.3 Å². The highest BCUT2D eigenvalue weighted by atomic mass is 32.2. The molecule has 1 N–H and O–H groups in total. The Hall–Kier alpha value is -3.39. The number of rotatable bonds is 6. The second-order valence-electron chi connectivity index (χ2n) is 6.39. The van der Waals surface area contributed by atoms with E-state index in [1.165, 1.54) is 0 Å². The minimum atomic E-state index is -0.308.